The van der Waals surface area contributed by atoms with Gasteiger partial charge in [0.2, 0.25) is 0 Å². The van der Waals surface area contributed by atoms with Crippen LogP contribution in [0.5, 0.6) is 0 Å². The molecule has 0 saturated heterocycles. The molecule has 1 aromatic rings. The van der Waals surface area contributed by atoms with Crippen molar-refractivity contribution in [2.75, 3.05) is 6.61 Å². The molecule has 104 valence electrons. The lowest BCUT2D eigenvalue weighted by Crippen LogP contribution is -2.41. The predicted octanol–water partition coefficient (Wildman–Crippen LogP) is 4.82. The molecule has 0 aliphatic rings. The molecule has 0 spiro atoms. The summed E-state index contributed by atoms with van der Waals surface area (Å²) < 4.78 is 6.31. The van der Waals surface area contributed by atoms with Crippen LogP contribution in [0.4, 0.5) is 0 Å². The summed E-state index contributed by atoms with van der Waals surface area (Å²) in [4.78, 5) is 0. The van der Waals surface area contributed by atoms with E-state index in [4.69, 9.17) is 10.8 Å². The van der Waals surface area contributed by atoms with E-state index in [1.165, 1.54) is 5.56 Å². The number of hydrogen-bond donors (Lipinski definition) is 0. The molecule has 0 aliphatic carbocycles. The van der Waals surface area contributed by atoms with Gasteiger partial charge in [-0.2, -0.15) is 0 Å². The fraction of sp³-hybridized carbons (Fsp3) is 0.529. The van der Waals surface area contributed by atoms with Gasteiger partial charge in [-0.3, -0.25) is 0 Å². The highest BCUT2D eigenvalue weighted by Gasteiger charge is 2.37. The molecule has 2 heteroatoms. The monoisotopic (exact) mass is 274 g/mol. The van der Waals surface area contributed by atoms with E-state index in [1.807, 2.05) is 6.07 Å². The first kappa shape index (κ1) is 16.0. The van der Waals surface area contributed by atoms with Crippen molar-refractivity contribution in [2.24, 2.45) is 0 Å². The molecule has 0 N–H and O–H groups in total. The summed E-state index contributed by atoms with van der Waals surface area (Å²) in [6.45, 7) is 12.1. The SMILES string of the molecule is C#CCC(CO[Si](C)(C)C(C)(C)C)c1ccccc1. The van der Waals surface area contributed by atoms with Gasteiger partial charge in [0, 0.05) is 18.9 Å². The Hall–Kier alpha value is -1.04. The Morgan fingerprint density at radius 1 is 1.21 bits per heavy atom. The van der Waals surface area contributed by atoms with Crippen molar-refractivity contribution in [1.29, 1.82) is 0 Å². The minimum atomic E-state index is -1.70. The van der Waals surface area contributed by atoms with Crippen molar-refractivity contribution in [2.45, 2.75) is 51.2 Å². The Balaban J connectivity index is 2.74. The fourth-order valence-electron chi connectivity index (χ4n) is 1.67. The molecule has 0 amide bonds. The third-order valence-electron chi connectivity index (χ3n) is 4.09. The second kappa shape index (κ2) is 6.41. The van der Waals surface area contributed by atoms with E-state index in [2.05, 4.69) is 64.1 Å². The van der Waals surface area contributed by atoms with Crippen LogP contribution in [0.2, 0.25) is 18.1 Å². The van der Waals surface area contributed by atoms with Crippen LogP contribution in [0.1, 0.15) is 38.7 Å². The number of rotatable bonds is 5. The molecule has 1 aromatic carbocycles. The maximum Gasteiger partial charge on any atom is 0.192 e. The average Bonchev–Trinajstić information content (AvgIpc) is 2.34. The molecule has 0 radical (unpaired) electrons. The number of benzene rings is 1. The maximum atomic E-state index is 6.31. The van der Waals surface area contributed by atoms with Crippen molar-refractivity contribution in [3.63, 3.8) is 0 Å². The molecule has 0 fully saturated rings. The highest BCUT2D eigenvalue weighted by Crippen LogP contribution is 2.37. The van der Waals surface area contributed by atoms with E-state index < -0.39 is 8.32 Å². The molecule has 19 heavy (non-hydrogen) atoms. The van der Waals surface area contributed by atoms with Crippen molar-refractivity contribution < 1.29 is 4.43 Å². The predicted molar refractivity (Wildman–Crippen MR) is 85.8 cm³/mol. The van der Waals surface area contributed by atoms with Gasteiger partial charge in [-0.1, -0.05) is 51.1 Å². The van der Waals surface area contributed by atoms with Crippen LogP contribution in [0.15, 0.2) is 30.3 Å². The topological polar surface area (TPSA) is 9.23 Å². The van der Waals surface area contributed by atoms with E-state index in [9.17, 15) is 0 Å². The quantitative estimate of drug-likeness (QED) is 0.553. The Bertz CT molecular complexity index is 423. The van der Waals surface area contributed by atoms with Crippen molar-refractivity contribution in [3.05, 3.63) is 35.9 Å². The van der Waals surface area contributed by atoms with Crippen molar-refractivity contribution >= 4 is 8.32 Å². The second-order valence-corrected chi connectivity index (χ2v) is 11.4. The molecule has 0 aromatic heterocycles. The van der Waals surface area contributed by atoms with Gasteiger partial charge < -0.3 is 4.43 Å². The highest BCUT2D eigenvalue weighted by molar-refractivity contribution is 6.74. The molecular formula is C17H26OSi. The maximum absolute atomic E-state index is 6.31. The van der Waals surface area contributed by atoms with Gasteiger partial charge in [0.1, 0.15) is 0 Å². The van der Waals surface area contributed by atoms with Gasteiger partial charge in [-0.25, -0.2) is 0 Å². The van der Waals surface area contributed by atoms with Crippen LogP contribution >= 0.6 is 0 Å². The molecule has 0 bridgehead atoms. The summed E-state index contributed by atoms with van der Waals surface area (Å²) >= 11 is 0. The van der Waals surface area contributed by atoms with E-state index in [1.54, 1.807) is 0 Å². The molecule has 0 heterocycles. The Kier molecular flexibility index (Phi) is 5.40. The lowest BCUT2D eigenvalue weighted by atomic mass is 9.97. The first-order chi connectivity index (χ1) is 8.78. The lowest BCUT2D eigenvalue weighted by Gasteiger charge is -2.37. The zero-order chi connectivity index (χ0) is 14.5. The zero-order valence-corrected chi connectivity index (χ0v) is 13.9. The average molecular weight is 274 g/mol. The van der Waals surface area contributed by atoms with Crippen molar-refractivity contribution in [1.82, 2.24) is 0 Å². The number of hydrogen-bond acceptors (Lipinski definition) is 1. The van der Waals surface area contributed by atoms with Crippen LogP contribution < -0.4 is 0 Å². The minimum Gasteiger partial charge on any atom is -0.416 e. The normalized spacial score (nSPS) is 13.9. The molecular weight excluding hydrogens is 248 g/mol. The van der Waals surface area contributed by atoms with Gasteiger partial charge >= 0.3 is 0 Å². The van der Waals surface area contributed by atoms with Gasteiger partial charge in [0.25, 0.3) is 0 Å². The summed E-state index contributed by atoms with van der Waals surface area (Å²) in [5.74, 6) is 3.08. The van der Waals surface area contributed by atoms with Gasteiger partial charge in [-0.05, 0) is 23.7 Å². The third-order valence-corrected chi connectivity index (χ3v) is 8.59. The largest absolute Gasteiger partial charge is 0.416 e. The Morgan fingerprint density at radius 2 is 1.79 bits per heavy atom. The summed E-state index contributed by atoms with van der Waals surface area (Å²) in [6, 6.07) is 10.4. The van der Waals surface area contributed by atoms with Crippen LogP contribution in [0.3, 0.4) is 0 Å². The summed E-state index contributed by atoms with van der Waals surface area (Å²) in [6.07, 6.45) is 6.23. The Morgan fingerprint density at radius 3 is 2.26 bits per heavy atom. The smallest absolute Gasteiger partial charge is 0.192 e. The minimum absolute atomic E-state index is 0.240. The first-order valence-corrected chi connectivity index (χ1v) is 9.81. The van der Waals surface area contributed by atoms with Gasteiger partial charge in [-0.15, -0.1) is 12.3 Å². The lowest BCUT2D eigenvalue weighted by molar-refractivity contribution is 0.264. The molecule has 0 aliphatic heterocycles. The van der Waals surface area contributed by atoms with Gasteiger partial charge in [0.05, 0.1) is 0 Å². The fourth-order valence-corrected chi connectivity index (χ4v) is 2.72. The summed E-state index contributed by atoms with van der Waals surface area (Å²) in [5, 5.41) is 0.240. The standard InChI is InChI=1S/C17H26OSi/c1-7-11-16(15-12-9-8-10-13-15)14-18-19(5,6)17(2,3)4/h1,8-10,12-13,16H,11,14H2,2-6H3. The molecule has 1 atom stereocenters. The second-order valence-electron chi connectivity index (χ2n) is 6.59. The molecule has 0 saturated carbocycles. The zero-order valence-electron chi connectivity index (χ0n) is 12.9. The highest BCUT2D eigenvalue weighted by atomic mass is 28.4. The third kappa shape index (κ3) is 4.52. The Labute approximate surface area is 119 Å². The summed E-state index contributed by atoms with van der Waals surface area (Å²) in [7, 11) is -1.70. The van der Waals surface area contributed by atoms with E-state index >= 15 is 0 Å². The molecule has 1 nitrogen and oxygen atoms in total. The molecule has 1 rings (SSSR count). The van der Waals surface area contributed by atoms with Crippen LogP contribution in [-0.2, 0) is 4.43 Å². The van der Waals surface area contributed by atoms with Crippen LogP contribution in [0, 0.1) is 12.3 Å². The van der Waals surface area contributed by atoms with Crippen LogP contribution in [-0.4, -0.2) is 14.9 Å². The number of terminal acetylenes is 1. The van der Waals surface area contributed by atoms with E-state index in [-0.39, 0.29) is 5.04 Å². The first-order valence-electron chi connectivity index (χ1n) is 6.90. The van der Waals surface area contributed by atoms with E-state index in [0.29, 0.717) is 5.92 Å². The molecule has 1 unspecified atom stereocenters. The van der Waals surface area contributed by atoms with Crippen molar-refractivity contribution in [3.8, 4) is 12.3 Å². The van der Waals surface area contributed by atoms with E-state index in [0.717, 1.165) is 13.0 Å². The van der Waals surface area contributed by atoms with Gasteiger partial charge in [0.15, 0.2) is 8.32 Å². The van der Waals surface area contributed by atoms with Crippen LogP contribution in [0.25, 0.3) is 0 Å². The summed E-state index contributed by atoms with van der Waals surface area (Å²) in [5.41, 5.74) is 1.28.